The first kappa shape index (κ1) is 38.8. The van der Waals surface area contributed by atoms with Gasteiger partial charge in [-0.25, -0.2) is 29.9 Å². The molecule has 0 saturated carbocycles. The lowest BCUT2D eigenvalue weighted by Crippen LogP contribution is -2.20. The first-order valence-electron chi connectivity index (χ1n) is 22.9. The van der Waals surface area contributed by atoms with Crippen LogP contribution in [0.4, 0.5) is 5.69 Å². The van der Waals surface area contributed by atoms with Crippen LogP contribution in [-0.2, 0) is 0 Å². The van der Waals surface area contributed by atoms with Crippen LogP contribution in [0.15, 0.2) is 182 Å². The quantitative estimate of drug-likeness (QED) is 0.149. The molecule has 14 rings (SSSR count). The Morgan fingerprint density at radius 1 is 0.377 bits per heavy atom. The van der Waals surface area contributed by atoms with E-state index in [1.807, 2.05) is 73.2 Å². The zero-order valence-corrected chi connectivity index (χ0v) is 37.1. The van der Waals surface area contributed by atoms with Gasteiger partial charge in [0.05, 0.1) is 16.6 Å². The third-order valence-corrected chi connectivity index (χ3v) is 13.4. The van der Waals surface area contributed by atoms with Gasteiger partial charge in [-0.05, 0) is 141 Å². The second kappa shape index (κ2) is 15.3. The molecule has 69 heavy (non-hydrogen) atoms. The molecule has 0 saturated heterocycles. The summed E-state index contributed by atoms with van der Waals surface area (Å²) in [6.45, 7) is 0.865. The predicted octanol–water partition coefficient (Wildman–Crippen LogP) is 13.1. The van der Waals surface area contributed by atoms with E-state index in [9.17, 15) is 0 Å². The van der Waals surface area contributed by atoms with Crippen LogP contribution in [0, 0.1) is 0 Å². The first-order chi connectivity index (χ1) is 34.0. The lowest BCUT2D eigenvalue weighted by Gasteiger charge is -2.23. The molecule has 0 amide bonds. The zero-order valence-electron chi connectivity index (χ0n) is 37.1. The average Bonchev–Trinajstić information content (AvgIpc) is 3.41. The zero-order chi connectivity index (χ0) is 45.6. The summed E-state index contributed by atoms with van der Waals surface area (Å²) in [4.78, 5) is 47.3. The molecule has 8 aromatic carbocycles. The van der Waals surface area contributed by atoms with Crippen LogP contribution in [0.5, 0.6) is 0 Å². The predicted molar refractivity (Wildman–Crippen MR) is 278 cm³/mol. The Morgan fingerprint density at radius 2 is 0.783 bits per heavy atom. The highest BCUT2D eigenvalue weighted by molar-refractivity contribution is 6.27. The lowest BCUT2D eigenvalue weighted by molar-refractivity contribution is 1.02. The topological polar surface area (TPSA) is 119 Å². The van der Waals surface area contributed by atoms with Crippen LogP contribution in [0.2, 0.25) is 0 Å². The second-order valence-corrected chi connectivity index (χ2v) is 17.6. The lowest BCUT2D eigenvalue weighted by atomic mass is 9.89. The van der Waals surface area contributed by atoms with Gasteiger partial charge in [-0.3, -0.25) is 15.0 Å². The Morgan fingerprint density at radius 3 is 1.25 bits per heavy atom. The highest BCUT2D eigenvalue weighted by Crippen LogP contribution is 2.43. The molecule has 322 valence electrons. The van der Waals surface area contributed by atoms with E-state index < -0.39 is 0 Å². The summed E-state index contributed by atoms with van der Waals surface area (Å²) in [7, 11) is 2.11. The minimum Gasteiger partial charge on any atom is -0.370 e. The van der Waals surface area contributed by atoms with E-state index in [4.69, 9.17) is 29.9 Å². The van der Waals surface area contributed by atoms with Crippen molar-refractivity contribution in [3.05, 3.63) is 188 Å². The number of nitrogens with zero attached hydrogens (tertiary/aromatic N) is 10. The maximum atomic E-state index is 5.28. The summed E-state index contributed by atoms with van der Waals surface area (Å²) in [5.41, 5.74) is 10.4. The van der Waals surface area contributed by atoms with Gasteiger partial charge in [0.15, 0.2) is 34.9 Å². The van der Waals surface area contributed by atoms with Crippen LogP contribution >= 0.6 is 0 Å². The van der Waals surface area contributed by atoms with Crippen molar-refractivity contribution < 1.29 is 0 Å². The van der Waals surface area contributed by atoms with Crippen LogP contribution in [0.25, 0.3) is 139 Å². The second-order valence-electron chi connectivity index (χ2n) is 17.6. The molecule has 0 fully saturated rings. The molecule has 5 aromatic heterocycles. The number of hydrogen-bond acceptors (Lipinski definition) is 10. The SMILES string of the molecule is CN1CC=Cc2cc(-c3nc(-c4ccc5ncccc5c4)nc(-c4ccc5ccc6c(-c7nc(-c8ccc9ncccc9c8)nc(-c8ccc9ncccc9c8)n7)ccc7ccc4c5c76)n3)ccc21. The molecule has 6 heterocycles. The van der Waals surface area contributed by atoms with Gasteiger partial charge in [0.2, 0.25) is 0 Å². The number of likely N-dealkylation sites (N-methyl/N-ethyl adjacent to an activating group) is 1. The minimum absolute atomic E-state index is 0.575. The van der Waals surface area contributed by atoms with Gasteiger partial charge in [-0.2, -0.15) is 0 Å². The van der Waals surface area contributed by atoms with E-state index in [2.05, 4.69) is 142 Å². The van der Waals surface area contributed by atoms with E-state index in [1.54, 1.807) is 0 Å². The molecule has 1 aliphatic rings. The Balaban J connectivity index is 0.966. The van der Waals surface area contributed by atoms with Crippen molar-refractivity contribution >= 4 is 76.8 Å². The average molecular weight is 885 g/mol. The Hall–Kier alpha value is -9.41. The molecule has 0 unspecified atom stereocenters. The molecule has 0 spiro atoms. The molecule has 1 aliphatic heterocycles. The number of hydrogen-bond donors (Lipinski definition) is 0. The number of pyridine rings is 3. The van der Waals surface area contributed by atoms with Crippen molar-refractivity contribution in [1.82, 2.24) is 44.9 Å². The Kier molecular flexibility index (Phi) is 8.62. The largest absolute Gasteiger partial charge is 0.370 e. The fraction of sp³-hybridized carbons (Fsp3) is 0.0339. The monoisotopic (exact) mass is 884 g/mol. The highest BCUT2D eigenvalue weighted by Gasteiger charge is 2.22. The highest BCUT2D eigenvalue weighted by atomic mass is 15.1. The third kappa shape index (κ3) is 6.52. The van der Waals surface area contributed by atoms with E-state index in [-0.39, 0.29) is 0 Å². The van der Waals surface area contributed by atoms with Gasteiger partial charge in [0.25, 0.3) is 0 Å². The Labute approximate surface area is 394 Å². The minimum atomic E-state index is 0.575. The van der Waals surface area contributed by atoms with Gasteiger partial charge >= 0.3 is 0 Å². The van der Waals surface area contributed by atoms with Crippen molar-refractivity contribution in [2.24, 2.45) is 0 Å². The summed E-state index contributed by atoms with van der Waals surface area (Å²) < 4.78 is 0. The van der Waals surface area contributed by atoms with Gasteiger partial charge in [0.1, 0.15) is 0 Å². The summed E-state index contributed by atoms with van der Waals surface area (Å²) >= 11 is 0. The first-order valence-corrected chi connectivity index (χ1v) is 22.9. The number of benzene rings is 8. The van der Waals surface area contributed by atoms with Crippen molar-refractivity contribution in [3.63, 3.8) is 0 Å². The fourth-order valence-electron chi connectivity index (χ4n) is 9.96. The van der Waals surface area contributed by atoms with Crippen LogP contribution < -0.4 is 4.90 Å². The summed E-state index contributed by atoms with van der Waals surface area (Å²) in [5, 5.41) is 9.55. The molecule has 10 nitrogen and oxygen atoms in total. The fourth-order valence-corrected chi connectivity index (χ4v) is 9.96. The molecule has 0 radical (unpaired) electrons. The number of anilines is 1. The molecule has 0 atom stereocenters. The van der Waals surface area contributed by atoms with E-state index in [0.29, 0.717) is 34.9 Å². The van der Waals surface area contributed by atoms with Gasteiger partial charge < -0.3 is 4.90 Å². The van der Waals surface area contributed by atoms with Crippen LogP contribution in [0.1, 0.15) is 5.56 Å². The maximum Gasteiger partial charge on any atom is 0.164 e. The van der Waals surface area contributed by atoms with Gasteiger partial charge in [-0.1, -0.05) is 66.7 Å². The standard InChI is InChI=1S/C59H36N10/c1-69-29-5-9-39-33-43(17-25-51(39)69)57-64-56(42-16-24-50-38(32-42)8-4-28-62-50)67-59(68-57)47-21-13-35-10-18-44-46(20-12-34-11-19-45(47)53(35)52(34)44)58-65-54(40-14-22-48-36(30-40)6-2-26-60-48)63-55(66-58)41-15-23-49-37(31-41)7-3-27-61-49/h2-28,30-33H,29H2,1H3. The molecule has 10 heteroatoms. The third-order valence-electron chi connectivity index (χ3n) is 13.4. The molecule has 0 aliphatic carbocycles. The maximum absolute atomic E-state index is 5.28. The molecular formula is C59H36N10. The van der Waals surface area contributed by atoms with Crippen molar-refractivity contribution in [1.29, 1.82) is 0 Å². The molecule has 13 aromatic rings. The smallest absolute Gasteiger partial charge is 0.164 e. The molecule has 0 N–H and O–H groups in total. The van der Waals surface area contributed by atoms with E-state index >= 15 is 0 Å². The number of fused-ring (bicyclic) bond motifs is 4. The van der Waals surface area contributed by atoms with Crippen molar-refractivity contribution in [2.45, 2.75) is 0 Å². The Bertz CT molecular complexity index is 4180. The molecular weight excluding hydrogens is 849 g/mol. The number of aromatic nitrogens is 9. The summed E-state index contributed by atoms with van der Waals surface area (Å²) in [6, 6.07) is 54.3. The number of rotatable bonds is 6. The van der Waals surface area contributed by atoms with Gasteiger partial charge in [0, 0.05) is 87.4 Å². The summed E-state index contributed by atoms with van der Waals surface area (Å²) in [5.74, 6) is 3.51. The summed E-state index contributed by atoms with van der Waals surface area (Å²) in [6.07, 6.45) is 9.78. The van der Waals surface area contributed by atoms with Crippen LogP contribution in [-0.4, -0.2) is 58.4 Å². The van der Waals surface area contributed by atoms with Crippen molar-refractivity contribution in [3.8, 4) is 68.3 Å². The normalized spacial score (nSPS) is 12.6. The van der Waals surface area contributed by atoms with Gasteiger partial charge in [-0.15, -0.1) is 0 Å². The van der Waals surface area contributed by atoms with E-state index in [0.717, 1.165) is 111 Å². The van der Waals surface area contributed by atoms with E-state index in [1.165, 1.54) is 5.69 Å². The van der Waals surface area contributed by atoms with Crippen LogP contribution in [0.3, 0.4) is 0 Å². The van der Waals surface area contributed by atoms with Crippen molar-refractivity contribution in [2.75, 3.05) is 18.5 Å². The molecule has 0 bridgehead atoms.